The number of aliphatic hydroxyl groups is 4. The van der Waals surface area contributed by atoms with Gasteiger partial charge in [-0.2, -0.15) is 0 Å². The molecule has 1 aliphatic rings. The van der Waals surface area contributed by atoms with Crippen molar-refractivity contribution < 1.29 is 39.4 Å². The van der Waals surface area contributed by atoms with Gasteiger partial charge in [0.25, 0.3) is 0 Å². The summed E-state index contributed by atoms with van der Waals surface area (Å²) in [4.78, 5) is 12.7. The number of hydrogen-bond donors (Lipinski definition) is 4. The van der Waals surface area contributed by atoms with Crippen LogP contribution in [0.4, 0.5) is 0 Å². The molecule has 0 spiro atoms. The summed E-state index contributed by atoms with van der Waals surface area (Å²) in [7, 11) is 0. The Morgan fingerprint density at radius 2 is 1.00 bits per heavy atom. The van der Waals surface area contributed by atoms with Crippen LogP contribution in [0.25, 0.3) is 0 Å². The Morgan fingerprint density at radius 1 is 0.551 bits per heavy atom. The average molecular weight is 701 g/mol. The van der Waals surface area contributed by atoms with E-state index in [9.17, 15) is 25.2 Å². The molecule has 0 bridgehead atoms. The van der Waals surface area contributed by atoms with Crippen LogP contribution in [0.5, 0.6) is 0 Å². The first-order valence-corrected chi connectivity index (χ1v) is 20.8. The van der Waals surface area contributed by atoms with Crippen molar-refractivity contribution in [2.45, 2.75) is 225 Å². The van der Waals surface area contributed by atoms with Crippen LogP contribution in [-0.2, 0) is 19.0 Å². The zero-order valence-corrected chi connectivity index (χ0v) is 32.3. The standard InChI is InChI=1S/C41H80O8/c1-5-6-7-22-27-34(4)28-23-18-14-12-16-20-25-30-47-31-35(32-48-41-39(45)37(43)38(44)40(41)46)49-36(42)29-24-19-15-11-9-8-10-13-17-21-26-33(2)3/h33-35,37-41,43-46H,5-32H2,1-4H3/t34?,35-,37+,38+,39-,40-/m0/s1. The van der Waals surface area contributed by atoms with Crippen LogP contribution in [0.3, 0.4) is 0 Å². The second-order valence-electron chi connectivity index (χ2n) is 15.6. The van der Waals surface area contributed by atoms with Crippen LogP contribution >= 0.6 is 0 Å². The van der Waals surface area contributed by atoms with Crippen LogP contribution in [0, 0.1) is 11.8 Å². The highest BCUT2D eigenvalue weighted by Crippen LogP contribution is 2.25. The van der Waals surface area contributed by atoms with Crippen LogP contribution in [0.2, 0.25) is 0 Å². The average Bonchev–Trinajstić information content (AvgIpc) is 3.25. The van der Waals surface area contributed by atoms with E-state index in [-0.39, 0.29) is 19.2 Å². The van der Waals surface area contributed by atoms with Gasteiger partial charge in [-0.15, -0.1) is 0 Å². The summed E-state index contributed by atoms with van der Waals surface area (Å²) in [5, 5.41) is 40.1. The molecule has 4 N–H and O–H groups in total. The van der Waals surface area contributed by atoms with Gasteiger partial charge in [0, 0.05) is 13.0 Å². The molecule has 1 rings (SSSR count). The highest BCUT2D eigenvalue weighted by Gasteiger charge is 2.49. The molecule has 1 fully saturated rings. The second-order valence-corrected chi connectivity index (χ2v) is 15.6. The Bertz CT molecular complexity index is 735. The van der Waals surface area contributed by atoms with Crippen molar-refractivity contribution in [1.82, 2.24) is 0 Å². The Morgan fingerprint density at radius 3 is 1.51 bits per heavy atom. The van der Waals surface area contributed by atoms with Gasteiger partial charge in [0.2, 0.25) is 0 Å². The monoisotopic (exact) mass is 701 g/mol. The molecule has 0 aromatic heterocycles. The summed E-state index contributed by atoms with van der Waals surface area (Å²) in [5.41, 5.74) is 0. The minimum absolute atomic E-state index is 0.0984. The molecule has 0 saturated heterocycles. The van der Waals surface area contributed by atoms with E-state index < -0.39 is 36.6 Å². The number of aliphatic hydroxyl groups excluding tert-OH is 4. The number of unbranched alkanes of at least 4 members (excludes halogenated alkanes) is 18. The van der Waals surface area contributed by atoms with Crippen molar-refractivity contribution in [2.24, 2.45) is 11.8 Å². The van der Waals surface area contributed by atoms with Crippen molar-refractivity contribution in [3.05, 3.63) is 0 Å². The van der Waals surface area contributed by atoms with Gasteiger partial charge in [0.15, 0.2) is 0 Å². The molecule has 0 aromatic carbocycles. The summed E-state index contributed by atoms with van der Waals surface area (Å²) in [6.45, 7) is 9.87. The first kappa shape index (κ1) is 46.3. The molecule has 8 heteroatoms. The molecule has 6 atom stereocenters. The molecule has 292 valence electrons. The Labute approximate surface area is 301 Å². The third-order valence-corrected chi connectivity index (χ3v) is 10.2. The van der Waals surface area contributed by atoms with Gasteiger partial charge >= 0.3 is 5.97 Å². The third-order valence-electron chi connectivity index (χ3n) is 10.2. The van der Waals surface area contributed by atoms with Crippen molar-refractivity contribution in [3.8, 4) is 0 Å². The Kier molecular flexibility index (Phi) is 29.1. The van der Waals surface area contributed by atoms with E-state index in [2.05, 4.69) is 27.7 Å². The smallest absolute Gasteiger partial charge is 0.306 e. The number of carbonyl (C=O) groups excluding carboxylic acids is 1. The lowest BCUT2D eigenvalue weighted by Gasteiger charge is -2.24. The molecule has 1 unspecified atom stereocenters. The zero-order valence-electron chi connectivity index (χ0n) is 32.3. The van der Waals surface area contributed by atoms with Crippen LogP contribution < -0.4 is 0 Å². The zero-order chi connectivity index (χ0) is 36.1. The number of esters is 1. The summed E-state index contributed by atoms with van der Waals surface area (Å²) in [6, 6.07) is 0. The molecular formula is C41H80O8. The maximum atomic E-state index is 12.7. The third kappa shape index (κ3) is 24.2. The van der Waals surface area contributed by atoms with Crippen molar-refractivity contribution in [1.29, 1.82) is 0 Å². The molecule has 49 heavy (non-hydrogen) atoms. The highest BCUT2D eigenvalue weighted by molar-refractivity contribution is 5.69. The topological polar surface area (TPSA) is 126 Å². The molecule has 0 aliphatic heterocycles. The maximum Gasteiger partial charge on any atom is 0.306 e. The van der Waals surface area contributed by atoms with Gasteiger partial charge in [-0.05, 0) is 24.7 Å². The maximum absolute atomic E-state index is 12.7. The van der Waals surface area contributed by atoms with E-state index in [0.717, 1.165) is 43.9 Å². The van der Waals surface area contributed by atoms with Crippen molar-refractivity contribution in [2.75, 3.05) is 19.8 Å². The minimum atomic E-state index is -1.49. The lowest BCUT2D eigenvalue weighted by atomic mass is 9.96. The van der Waals surface area contributed by atoms with Gasteiger partial charge < -0.3 is 34.6 Å². The number of rotatable bonds is 34. The second kappa shape index (κ2) is 30.8. The predicted octanol–water partition coefficient (Wildman–Crippen LogP) is 8.82. The molecule has 0 aromatic rings. The summed E-state index contributed by atoms with van der Waals surface area (Å²) in [5.74, 6) is 1.35. The van der Waals surface area contributed by atoms with E-state index in [1.807, 2.05) is 0 Å². The molecule has 0 heterocycles. The normalized spacial score (nSPS) is 21.1. The van der Waals surface area contributed by atoms with E-state index in [0.29, 0.717) is 13.0 Å². The lowest BCUT2D eigenvalue weighted by molar-refractivity contribution is -0.163. The molecular weight excluding hydrogens is 620 g/mol. The SMILES string of the molecule is CCCCCCC(C)CCCCCCCCCOC[C@@H](COC1[C@@H](O)[C@H](O)[C@@H](O)[C@@H]1O)OC(=O)CCCCCCCCCCCCC(C)C. The summed E-state index contributed by atoms with van der Waals surface area (Å²) in [6.07, 6.45) is 22.6. The largest absolute Gasteiger partial charge is 0.457 e. The highest BCUT2D eigenvalue weighted by atomic mass is 16.6. The van der Waals surface area contributed by atoms with E-state index >= 15 is 0 Å². The first-order chi connectivity index (χ1) is 23.7. The summed E-state index contributed by atoms with van der Waals surface area (Å²) < 4.78 is 17.2. The van der Waals surface area contributed by atoms with Gasteiger partial charge in [-0.25, -0.2) is 0 Å². The van der Waals surface area contributed by atoms with Crippen molar-refractivity contribution in [3.63, 3.8) is 0 Å². The quantitative estimate of drug-likeness (QED) is 0.0388. The fourth-order valence-electron chi connectivity index (χ4n) is 6.87. The van der Waals surface area contributed by atoms with E-state index in [1.54, 1.807) is 0 Å². The van der Waals surface area contributed by atoms with Gasteiger partial charge in [0.05, 0.1) is 13.2 Å². The molecule has 8 nitrogen and oxygen atoms in total. The fraction of sp³-hybridized carbons (Fsp3) is 0.976. The lowest BCUT2D eigenvalue weighted by Crippen LogP contribution is -2.39. The molecule has 0 radical (unpaired) electrons. The van der Waals surface area contributed by atoms with Crippen LogP contribution in [0.1, 0.15) is 188 Å². The van der Waals surface area contributed by atoms with Gasteiger partial charge in [-0.1, -0.05) is 169 Å². The fourth-order valence-corrected chi connectivity index (χ4v) is 6.87. The molecule has 0 amide bonds. The van der Waals surface area contributed by atoms with Crippen molar-refractivity contribution >= 4 is 5.97 Å². The number of ether oxygens (including phenoxy) is 3. The summed E-state index contributed by atoms with van der Waals surface area (Å²) >= 11 is 0. The van der Waals surface area contributed by atoms with Gasteiger partial charge in [0.1, 0.15) is 36.6 Å². The van der Waals surface area contributed by atoms with Crippen LogP contribution in [-0.4, -0.2) is 82.8 Å². The Balaban J connectivity index is 2.23. The molecule has 1 aliphatic carbocycles. The van der Waals surface area contributed by atoms with E-state index in [1.165, 1.54) is 122 Å². The van der Waals surface area contributed by atoms with Gasteiger partial charge in [-0.3, -0.25) is 4.79 Å². The minimum Gasteiger partial charge on any atom is -0.457 e. The molecule has 1 saturated carbocycles. The first-order valence-electron chi connectivity index (χ1n) is 20.8. The van der Waals surface area contributed by atoms with Crippen LogP contribution in [0.15, 0.2) is 0 Å². The van der Waals surface area contributed by atoms with E-state index in [4.69, 9.17) is 14.2 Å². The predicted molar refractivity (Wildman–Crippen MR) is 200 cm³/mol. The number of hydrogen-bond acceptors (Lipinski definition) is 8. The number of carbonyl (C=O) groups is 1. The Hall–Kier alpha value is -0.770.